The standard InChI is InChI=1S/C2H2I2S2/c3-1(5)2(4)6/h5-6H/b2-1-. The van der Waals surface area contributed by atoms with E-state index in [-0.39, 0.29) is 0 Å². The third-order valence-corrected chi connectivity index (χ3v) is 3.76. The van der Waals surface area contributed by atoms with Crippen molar-refractivity contribution in [3.8, 4) is 0 Å². The molecule has 0 aliphatic carbocycles. The van der Waals surface area contributed by atoms with Crippen molar-refractivity contribution >= 4 is 70.4 Å². The Balaban J connectivity index is 3.68. The van der Waals surface area contributed by atoms with Gasteiger partial charge in [-0.05, 0) is 45.2 Å². The second kappa shape index (κ2) is 3.85. The maximum atomic E-state index is 3.98. The summed E-state index contributed by atoms with van der Waals surface area (Å²) in [5.41, 5.74) is 0. The Morgan fingerprint density at radius 2 is 1.17 bits per heavy atom. The number of rotatable bonds is 0. The first-order valence-electron chi connectivity index (χ1n) is 1.08. The van der Waals surface area contributed by atoms with Gasteiger partial charge < -0.3 is 0 Å². The molecular weight excluding hydrogens is 342 g/mol. The SMILES string of the molecule is S/C(I)=C(\S)I. The summed E-state index contributed by atoms with van der Waals surface area (Å²) in [6.45, 7) is 0. The third-order valence-electron chi connectivity index (χ3n) is 0.170. The monoisotopic (exact) mass is 344 g/mol. The van der Waals surface area contributed by atoms with Crippen LogP contribution in [0.5, 0.6) is 0 Å². The Kier molecular flexibility index (Phi) is 5.07. The highest BCUT2D eigenvalue weighted by molar-refractivity contribution is 14.1. The number of thiol groups is 2. The van der Waals surface area contributed by atoms with Gasteiger partial charge in [0, 0.05) is 0 Å². The fraction of sp³-hybridized carbons (Fsp3) is 0. The maximum absolute atomic E-state index is 3.98. The van der Waals surface area contributed by atoms with Crippen molar-refractivity contribution in [1.29, 1.82) is 0 Å². The lowest BCUT2D eigenvalue weighted by molar-refractivity contribution is 2.52. The van der Waals surface area contributed by atoms with Crippen LogP contribution in [-0.2, 0) is 0 Å². The molecule has 0 fully saturated rings. The molecule has 0 aliphatic heterocycles. The summed E-state index contributed by atoms with van der Waals surface area (Å²) < 4.78 is 1.88. The van der Waals surface area contributed by atoms with E-state index in [1.807, 2.05) is 0 Å². The molecule has 0 rings (SSSR count). The van der Waals surface area contributed by atoms with Crippen LogP contribution in [0, 0.1) is 0 Å². The highest BCUT2D eigenvalue weighted by atomic mass is 127. The Bertz CT molecular complexity index is 59.6. The second-order valence-electron chi connectivity index (χ2n) is 0.582. The predicted octanol–water partition coefficient (Wildman–Crippen LogP) is 2.84. The van der Waals surface area contributed by atoms with Crippen molar-refractivity contribution in [1.82, 2.24) is 0 Å². The highest BCUT2D eigenvalue weighted by Crippen LogP contribution is 2.24. The number of halogens is 2. The summed E-state index contributed by atoms with van der Waals surface area (Å²) in [7, 11) is 0. The second-order valence-corrected chi connectivity index (χ2v) is 5.34. The fourth-order valence-electron chi connectivity index (χ4n) is 0. The molecule has 0 aliphatic rings. The van der Waals surface area contributed by atoms with E-state index < -0.39 is 0 Å². The van der Waals surface area contributed by atoms with Gasteiger partial charge in [0.15, 0.2) is 0 Å². The molecule has 0 radical (unpaired) electrons. The molecular formula is C2H2I2S2. The molecule has 0 unspecified atom stereocenters. The van der Waals surface area contributed by atoms with Gasteiger partial charge in [-0.1, -0.05) is 0 Å². The zero-order valence-electron chi connectivity index (χ0n) is 2.65. The molecule has 6 heavy (non-hydrogen) atoms. The molecule has 0 aromatic rings. The van der Waals surface area contributed by atoms with Crippen LogP contribution in [-0.4, -0.2) is 0 Å². The minimum Gasteiger partial charge on any atom is -0.135 e. The van der Waals surface area contributed by atoms with E-state index in [1.165, 1.54) is 0 Å². The molecule has 4 heteroatoms. The van der Waals surface area contributed by atoms with E-state index in [0.717, 1.165) is 5.82 Å². The van der Waals surface area contributed by atoms with Crippen LogP contribution in [0.2, 0.25) is 0 Å². The lowest BCUT2D eigenvalue weighted by atomic mass is 11.2. The Labute approximate surface area is 75.2 Å². The summed E-state index contributed by atoms with van der Waals surface area (Å²) >= 11 is 12.1. The molecule has 0 nitrogen and oxygen atoms in total. The molecule has 0 aromatic heterocycles. The average molecular weight is 344 g/mol. The summed E-state index contributed by atoms with van der Waals surface area (Å²) in [6, 6.07) is 0. The van der Waals surface area contributed by atoms with Crippen molar-refractivity contribution in [3.05, 3.63) is 5.82 Å². The normalized spacial score (nSPS) is 14.0. The van der Waals surface area contributed by atoms with E-state index in [1.54, 1.807) is 0 Å². The van der Waals surface area contributed by atoms with Crippen LogP contribution in [0.4, 0.5) is 0 Å². The van der Waals surface area contributed by atoms with Crippen LogP contribution < -0.4 is 0 Å². The molecule has 0 spiro atoms. The van der Waals surface area contributed by atoms with Gasteiger partial charge in [-0.3, -0.25) is 0 Å². The molecule has 36 valence electrons. The van der Waals surface area contributed by atoms with Crippen LogP contribution in [0.15, 0.2) is 5.82 Å². The van der Waals surface area contributed by atoms with Crippen LogP contribution >= 0.6 is 70.4 Å². The van der Waals surface area contributed by atoms with Gasteiger partial charge in [0.2, 0.25) is 0 Å². The Morgan fingerprint density at radius 1 is 1.00 bits per heavy atom. The lowest BCUT2D eigenvalue weighted by Crippen LogP contribution is -1.45. The third kappa shape index (κ3) is 4.07. The molecule has 0 amide bonds. The lowest BCUT2D eigenvalue weighted by Gasteiger charge is -1.81. The van der Waals surface area contributed by atoms with Gasteiger partial charge in [-0.15, -0.1) is 25.3 Å². The van der Waals surface area contributed by atoms with Crippen molar-refractivity contribution in [2.45, 2.75) is 0 Å². The average Bonchev–Trinajstić information content (AvgIpc) is 1.36. The number of hydrogen-bond donors (Lipinski definition) is 2. The molecule has 0 atom stereocenters. The minimum atomic E-state index is 0.941. The van der Waals surface area contributed by atoms with Gasteiger partial charge >= 0.3 is 0 Å². The summed E-state index contributed by atoms with van der Waals surface area (Å²) in [6.07, 6.45) is 0. The van der Waals surface area contributed by atoms with Gasteiger partial charge in [-0.25, -0.2) is 0 Å². The van der Waals surface area contributed by atoms with E-state index in [4.69, 9.17) is 0 Å². The molecule has 0 aromatic carbocycles. The van der Waals surface area contributed by atoms with Gasteiger partial charge in [0.1, 0.15) is 0 Å². The van der Waals surface area contributed by atoms with E-state index in [9.17, 15) is 0 Å². The number of hydrogen-bond acceptors (Lipinski definition) is 2. The minimum absolute atomic E-state index is 0.941. The first-order valence-corrected chi connectivity index (χ1v) is 4.13. The van der Waals surface area contributed by atoms with Crippen LogP contribution in [0.1, 0.15) is 0 Å². The largest absolute Gasteiger partial charge is 0.135 e. The van der Waals surface area contributed by atoms with Crippen molar-refractivity contribution < 1.29 is 0 Å². The summed E-state index contributed by atoms with van der Waals surface area (Å²) in [5, 5.41) is 0. The molecule has 0 N–H and O–H groups in total. The van der Waals surface area contributed by atoms with Crippen molar-refractivity contribution in [3.63, 3.8) is 0 Å². The maximum Gasteiger partial charge on any atom is 0.0622 e. The van der Waals surface area contributed by atoms with Crippen molar-refractivity contribution in [2.24, 2.45) is 0 Å². The summed E-state index contributed by atoms with van der Waals surface area (Å²) in [4.78, 5) is 0. The molecule has 0 saturated carbocycles. The highest BCUT2D eigenvalue weighted by Gasteiger charge is 1.82. The summed E-state index contributed by atoms with van der Waals surface area (Å²) in [5.74, 6) is 0. The van der Waals surface area contributed by atoms with Crippen molar-refractivity contribution in [2.75, 3.05) is 0 Å². The van der Waals surface area contributed by atoms with E-state index in [2.05, 4.69) is 70.4 Å². The molecule has 0 heterocycles. The van der Waals surface area contributed by atoms with E-state index >= 15 is 0 Å². The van der Waals surface area contributed by atoms with E-state index in [0.29, 0.717) is 0 Å². The van der Waals surface area contributed by atoms with Crippen LogP contribution in [0.3, 0.4) is 0 Å². The van der Waals surface area contributed by atoms with Gasteiger partial charge in [0.05, 0.1) is 5.82 Å². The zero-order valence-corrected chi connectivity index (χ0v) is 8.75. The fourth-order valence-corrected chi connectivity index (χ4v) is 0. The smallest absolute Gasteiger partial charge is 0.0622 e. The van der Waals surface area contributed by atoms with Crippen LogP contribution in [0.25, 0.3) is 0 Å². The Morgan fingerprint density at radius 3 is 1.17 bits per heavy atom. The Hall–Kier alpha value is 1.90. The predicted molar refractivity (Wildman–Crippen MR) is 53.0 cm³/mol. The first-order chi connectivity index (χ1) is 2.64. The van der Waals surface area contributed by atoms with Gasteiger partial charge in [0.25, 0.3) is 0 Å². The van der Waals surface area contributed by atoms with Gasteiger partial charge in [-0.2, -0.15) is 0 Å². The quantitative estimate of drug-likeness (QED) is 0.490. The molecule has 0 saturated heterocycles. The zero-order chi connectivity index (χ0) is 5.15. The topological polar surface area (TPSA) is 0 Å². The first kappa shape index (κ1) is 7.90. The molecule has 0 bridgehead atoms.